The quantitative estimate of drug-likeness (QED) is 0.642. The number of hydrogen-bond donors (Lipinski definition) is 2. The van der Waals surface area contributed by atoms with Gasteiger partial charge in [-0.25, -0.2) is 0 Å². The lowest BCUT2D eigenvalue weighted by atomic mass is 9.75. The Morgan fingerprint density at radius 3 is 2.42 bits per heavy atom. The molecule has 106 valence electrons. The Kier molecular flexibility index (Phi) is 4.32. The van der Waals surface area contributed by atoms with Crippen LogP contribution in [0, 0.1) is 25.2 Å². The Hall–Kier alpha value is -0.860. The van der Waals surface area contributed by atoms with Crippen LogP contribution in [0.5, 0.6) is 0 Å². The molecule has 1 fully saturated rings. The molecule has 1 aromatic rings. The third-order valence-electron chi connectivity index (χ3n) is 5.11. The van der Waals surface area contributed by atoms with E-state index in [0.29, 0.717) is 17.4 Å². The number of hydrazine groups is 1. The van der Waals surface area contributed by atoms with E-state index >= 15 is 0 Å². The van der Waals surface area contributed by atoms with Crippen molar-refractivity contribution in [3.05, 3.63) is 34.9 Å². The summed E-state index contributed by atoms with van der Waals surface area (Å²) in [5.41, 5.74) is 7.75. The third kappa shape index (κ3) is 3.01. The molecule has 0 spiro atoms. The molecule has 0 bridgehead atoms. The second-order valence-corrected chi connectivity index (χ2v) is 6.83. The molecule has 0 aliphatic heterocycles. The molecule has 0 amide bonds. The summed E-state index contributed by atoms with van der Waals surface area (Å²) in [6.07, 6.45) is 5.00. The predicted molar refractivity (Wildman–Crippen MR) is 81.9 cm³/mol. The van der Waals surface area contributed by atoms with Gasteiger partial charge in [0, 0.05) is 6.04 Å². The number of aryl methyl sites for hydroxylation is 2. The van der Waals surface area contributed by atoms with Gasteiger partial charge in [0.2, 0.25) is 0 Å². The van der Waals surface area contributed by atoms with Crippen molar-refractivity contribution in [2.24, 2.45) is 17.2 Å². The summed E-state index contributed by atoms with van der Waals surface area (Å²) in [4.78, 5) is 0. The van der Waals surface area contributed by atoms with E-state index in [4.69, 9.17) is 5.84 Å². The maximum Gasteiger partial charge on any atom is 0.0284 e. The Balaban J connectivity index is 2.20. The molecule has 3 N–H and O–H groups in total. The van der Waals surface area contributed by atoms with E-state index in [1.807, 2.05) is 0 Å². The van der Waals surface area contributed by atoms with E-state index in [0.717, 1.165) is 6.42 Å². The molecule has 2 rings (SSSR count). The molecule has 0 heterocycles. The standard InChI is InChI=1S/C17H28N2/c1-12-7-5-8-13(2)14(12)11-16(19-18)15-9-6-10-17(15,3)4/h5,7-8,15-16,19H,6,9-11,18H2,1-4H3. The van der Waals surface area contributed by atoms with Gasteiger partial charge in [0.25, 0.3) is 0 Å². The average Bonchev–Trinajstić information content (AvgIpc) is 2.69. The highest BCUT2D eigenvalue weighted by Crippen LogP contribution is 2.45. The van der Waals surface area contributed by atoms with Crippen LogP contribution in [0.1, 0.15) is 49.8 Å². The summed E-state index contributed by atoms with van der Waals surface area (Å²) in [6.45, 7) is 9.19. The lowest BCUT2D eigenvalue weighted by molar-refractivity contribution is 0.196. The normalized spacial score (nSPS) is 23.5. The molecule has 2 heteroatoms. The van der Waals surface area contributed by atoms with Gasteiger partial charge in [0.1, 0.15) is 0 Å². The van der Waals surface area contributed by atoms with E-state index in [2.05, 4.69) is 51.3 Å². The highest BCUT2D eigenvalue weighted by Gasteiger charge is 2.39. The number of nitrogens with one attached hydrogen (secondary N) is 1. The smallest absolute Gasteiger partial charge is 0.0284 e. The van der Waals surface area contributed by atoms with Crippen molar-refractivity contribution in [1.29, 1.82) is 0 Å². The Morgan fingerprint density at radius 2 is 1.95 bits per heavy atom. The molecule has 1 aromatic carbocycles. The SMILES string of the molecule is Cc1cccc(C)c1CC(NN)C1CCCC1(C)C. The van der Waals surface area contributed by atoms with Gasteiger partial charge in [-0.1, -0.05) is 38.5 Å². The molecule has 0 saturated heterocycles. The van der Waals surface area contributed by atoms with Crippen LogP contribution in [0.3, 0.4) is 0 Å². The van der Waals surface area contributed by atoms with Gasteiger partial charge in [0.05, 0.1) is 0 Å². The van der Waals surface area contributed by atoms with Crippen LogP contribution >= 0.6 is 0 Å². The minimum absolute atomic E-state index is 0.386. The van der Waals surface area contributed by atoms with Crippen molar-refractivity contribution >= 4 is 0 Å². The van der Waals surface area contributed by atoms with Crippen LogP contribution in [0.15, 0.2) is 18.2 Å². The lowest BCUT2D eigenvalue weighted by Gasteiger charge is -2.34. The summed E-state index contributed by atoms with van der Waals surface area (Å²) in [5, 5.41) is 0. The van der Waals surface area contributed by atoms with Crippen molar-refractivity contribution in [3.8, 4) is 0 Å². The topological polar surface area (TPSA) is 38.0 Å². The maximum absolute atomic E-state index is 5.87. The van der Waals surface area contributed by atoms with Crippen LogP contribution in [0.25, 0.3) is 0 Å². The molecule has 19 heavy (non-hydrogen) atoms. The highest BCUT2D eigenvalue weighted by atomic mass is 15.2. The second kappa shape index (κ2) is 5.64. The van der Waals surface area contributed by atoms with Crippen LogP contribution in [0.4, 0.5) is 0 Å². The zero-order valence-electron chi connectivity index (χ0n) is 12.8. The fourth-order valence-corrected chi connectivity index (χ4v) is 3.81. The molecular formula is C17H28N2. The monoisotopic (exact) mass is 260 g/mol. The molecule has 1 saturated carbocycles. The van der Waals surface area contributed by atoms with E-state index in [9.17, 15) is 0 Å². The average molecular weight is 260 g/mol. The molecule has 2 nitrogen and oxygen atoms in total. The summed E-state index contributed by atoms with van der Waals surface area (Å²) < 4.78 is 0. The van der Waals surface area contributed by atoms with Crippen molar-refractivity contribution in [1.82, 2.24) is 5.43 Å². The Labute approximate surface area is 117 Å². The highest BCUT2D eigenvalue weighted by molar-refractivity contribution is 5.34. The van der Waals surface area contributed by atoms with E-state index in [-0.39, 0.29) is 0 Å². The maximum atomic E-state index is 5.87. The van der Waals surface area contributed by atoms with Gasteiger partial charge >= 0.3 is 0 Å². The molecule has 2 atom stereocenters. The molecule has 0 aromatic heterocycles. The van der Waals surface area contributed by atoms with Crippen LogP contribution in [-0.4, -0.2) is 6.04 Å². The zero-order valence-corrected chi connectivity index (χ0v) is 12.8. The fourth-order valence-electron chi connectivity index (χ4n) is 3.81. The van der Waals surface area contributed by atoms with Gasteiger partial charge in [-0.3, -0.25) is 11.3 Å². The third-order valence-corrected chi connectivity index (χ3v) is 5.11. The van der Waals surface area contributed by atoms with Crippen molar-refractivity contribution < 1.29 is 0 Å². The van der Waals surface area contributed by atoms with Gasteiger partial charge in [-0.15, -0.1) is 0 Å². The molecular weight excluding hydrogens is 232 g/mol. The number of rotatable bonds is 4. The van der Waals surface area contributed by atoms with Crippen LogP contribution < -0.4 is 11.3 Å². The first-order valence-corrected chi connectivity index (χ1v) is 7.47. The number of nitrogens with two attached hydrogens (primary N) is 1. The molecule has 1 aliphatic rings. The predicted octanol–water partition coefficient (Wildman–Crippen LogP) is 3.50. The number of benzene rings is 1. The Bertz CT molecular complexity index is 417. The molecule has 0 radical (unpaired) electrons. The minimum Gasteiger partial charge on any atom is -0.271 e. The first-order valence-electron chi connectivity index (χ1n) is 7.47. The van der Waals surface area contributed by atoms with Crippen LogP contribution in [-0.2, 0) is 6.42 Å². The van der Waals surface area contributed by atoms with Crippen molar-refractivity contribution in [2.75, 3.05) is 0 Å². The van der Waals surface area contributed by atoms with E-state index < -0.39 is 0 Å². The lowest BCUT2D eigenvalue weighted by Crippen LogP contribution is -2.46. The van der Waals surface area contributed by atoms with Gasteiger partial charge < -0.3 is 0 Å². The van der Waals surface area contributed by atoms with Gasteiger partial charge in [0.15, 0.2) is 0 Å². The largest absolute Gasteiger partial charge is 0.271 e. The fraction of sp³-hybridized carbons (Fsp3) is 0.647. The zero-order chi connectivity index (χ0) is 14.0. The molecule has 1 aliphatic carbocycles. The van der Waals surface area contributed by atoms with E-state index in [1.165, 1.54) is 36.0 Å². The number of hydrogen-bond acceptors (Lipinski definition) is 2. The summed E-state index contributed by atoms with van der Waals surface area (Å²) >= 11 is 0. The van der Waals surface area contributed by atoms with Crippen molar-refractivity contribution in [2.45, 2.75) is 59.4 Å². The second-order valence-electron chi connectivity index (χ2n) is 6.83. The first-order chi connectivity index (χ1) is 8.95. The van der Waals surface area contributed by atoms with Crippen LogP contribution in [0.2, 0.25) is 0 Å². The van der Waals surface area contributed by atoms with Gasteiger partial charge in [-0.2, -0.15) is 0 Å². The first kappa shape index (κ1) is 14.5. The summed E-state index contributed by atoms with van der Waals surface area (Å²) in [5.74, 6) is 6.55. The van der Waals surface area contributed by atoms with Gasteiger partial charge in [-0.05, 0) is 61.1 Å². The minimum atomic E-state index is 0.386. The molecule has 2 unspecified atom stereocenters. The Morgan fingerprint density at radius 1 is 1.32 bits per heavy atom. The van der Waals surface area contributed by atoms with Crippen molar-refractivity contribution in [3.63, 3.8) is 0 Å². The summed E-state index contributed by atoms with van der Waals surface area (Å²) in [6, 6.07) is 6.93. The van der Waals surface area contributed by atoms with E-state index in [1.54, 1.807) is 0 Å². The summed E-state index contributed by atoms with van der Waals surface area (Å²) in [7, 11) is 0.